The second kappa shape index (κ2) is 29.6. The molecule has 3 aliphatic carbocycles. The molecular weight excluding hydrogens is 1120 g/mol. The van der Waals surface area contributed by atoms with Gasteiger partial charge in [0.2, 0.25) is 0 Å². The molecule has 2 aromatic carbocycles. The molecule has 1 saturated heterocycles. The number of esters is 3. The second-order valence-corrected chi connectivity index (χ2v) is 35.5. The van der Waals surface area contributed by atoms with Gasteiger partial charge in [0.15, 0.2) is 34.6 Å². The molecule has 1 amide bonds. The number of ether oxygens (including phenoxy) is 5. The smallest absolute Gasteiger partial charge is 0.408 e. The summed E-state index contributed by atoms with van der Waals surface area (Å²) in [5.41, 5.74) is -7.45. The van der Waals surface area contributed by atoms with E-state index in [9.17, 15) is 24.6 Å². The number of aliphatic hydroxyl groups is 2. The maximum atomic E-state index is 16.8. The number of allylic oxidation sites excluding steroid dienone is 10. The third kappa shape index (κ3) is 16.2. The van der Waals surface area contributed by atoms with Crippen LogP contribution in [0.5, 0.6) is 0 Å². The van der Waals surface area contributed by atoms with Crippen molar-refractivity contribution in [3.63, 3.8) is 0 Å². The normalized spacial score (nSPS) is 27.5. The van der Waals surface area contributed by atoms with Gasteiger partial charge in [-0.25, -0.2) is 14.4 Å². The second-order valence-electron chi connectivity index (χ2n) is 26.3. The van der Waals surface area contributed by atoms with Gasteiger partial charge < -0.3 is 48.1 Å². The quantitative estimate of drug-likeness (QED) is 0.0330. The van der Waals surface area contributed by atoms with Crippen LogP contribution < -0.4 is 5.32 Å². The SMILES string of the molecule is CC/C=C\C/C=C\C/C=C\C/C=C\C/C=C\CCC(=O)OC1C(=O)C2(C)C(O[Si](CC)(CC)CC)CC3OCC3(O)C2C(OC(=O)c2ccccc2)C2(O)CC(OC(=O)C(O[Si](C)(C)C)C(NC(=O)OC(C)(C)C)c3ccccc3)C(C)=C1C2(C)C. The van der Waals surface area contributed by atoms with Crippen molar-refractivity contribution in [2.45, 2.75) is 231 Å². The van der Waals surface area contributed by atoms with E-state index in [0.29, 0.717) is 35.7 Å². The van der Waals surface area contributed by atoms with Crippen LogP contribution in [0.15, 0.2) is 133 Å². The van der Waals surface area contributed by atoms with Crippen LogP contribution in [0.2, 0.25) is 37.8 Å². The number of carbonyl (C=O) groups is 5. The van der Waals surface area contributed by atoms with Gasteiger partial charge in [-0.15, -0.1) is 0 Å². The van der Waals surface area contributed by atoms with Gasteiger partial charge in [-0.3, -0.25) is 9.59 Å². The Bertz CT molecular complexity index is 2820. The summed E-state index contributed by atoms with van der Waals surface area (Å²) in [5.74, 6) is -4.52. The Hall–Kier alpha value is -5.54. The lowest BCUT2D eigenvalue weighted by Gasteiger charge is -2.67. The van der Waals surface area contributed by atoms with Crippen molar-refractivity contribution in [2.24, 2.45) is 16.7 Å². The van der Waals surface area contributed by atoms with Crippen LogP contribution in [0.25, 0.3) is 0 Å². The molecule has 17 heteroatoms. The highest BCUT2D eigenvalue weighted by Gasteiger charge is 2.77. The summed E-state index contributed by atoms with van der Waals surface area (Å²) in [4.78, 5) is 75.6. The van der Waals surface area contributed by atoms with E-state index >= 15 is 9.59 Å². The molecule has 0 aromatic heterocycles. The molecule has 11 unspecified atom stereocenters. The number of Topliss-reactive ketones (excluding diaryl/α,β-unsaturated/α-hetero) is 1. The molecule has 6 rings (SSSR count). The summed E-state index contributed by atoms with van der Waals surface area (Å²) >= 11 is 0. The van der Waals surface area contributed by atoms with E-state index in [1.54, 1.807) is 109 Å². The molecule has 0 radical (unpaired) electrons. The fourth-order valence-corrected chi connectivity index (χ4v) is 16.9. The highest BCUT2D eigenvalue weighted by Crippen LogP contribution is 2.64. The lowest BCUT2D eigenvalue weighted by atomic mass is 9.44. The van der Waals surface area contributed by atoms with E-state index in [4.69, 9.17) is 32.5 Å². The molecule has 3 fully saturated rings. The van der Waals surface area contributed by atoms with Gasteiger partial charge in [-0.05, 0) is 140 Å². The summed E-state index contributed by atoms with van der Waals surface area (Å²) in [5, 5.41) is 30.7. The third-order valence-corrected chi connectivity index (χ3v) is 23.5. The zero-order chi connectivity index (χ0) is 63.3. The number of hydrogen-bond acceptors (Lipinski definition) is 14. The molecule has 2 bridgehead atoms. The molecular formula is C69H99NO14Si2. The molecule has 3 N–H and O–H groups in total. The van der Waals surface area contributed by atoms with Crippen LogP contribution >= 0.6 is 0 Å². The first-order chi connectivity index (χ1) is 40.6. The topological polar surface area (TPSA) is 202 Å². The number of hydrogen-bond donors (Lipinski definition) is 3. The first-order valence-electron chi connectivity index (χ1n) is 31.2. The van der Waals surface area contributed by atoms with Crippen LogP contribution in [0.1, 0.15) is 156 Å². The number of rotatable bonds is 27. The van der Waals surface area contributed by atoms with Crippen LogP contribution in [-0.2, 0) is 46.9 Å². The summed E-state index contributed by atoms with van der Waals surface area (Å²) in [6.45, 7) is 25.7. The Labute approximate surface area is 514 Å². The number of carbonyl (C=O) groups excluding carboxylic acids is 5. The van der Waals surface area contributed by atoms with Gasteiger partial charge in [0.05, 0.1) is 35.8 Å². The first kappa shape index (κ1) is 69.6. The maximum absolute atomic E-state index is 16.8. The van der Waals surface area contributed by atoms with Crippen LogP contribution in [0.3, 0.4) is 0 Å². The third-order valence-electron chi connectivity index (χ3n) is 17.9. The minimum atomic E-state index is -2.72. The molecule has 2 saturated carbocycles. The van der Waals surface area contributed by atoms with Gasteiger partial charge in [0, 0.05) is 30.6 Å². The number of fused-ring (bicyclic) bond motifs is 5. The van der Waals surface area contributed by atoms with Crippen molar-refractivity contribution >= 4 is 46.4 Å². The van der Waals surface area contributed by atoms with Crippen molar-refractivity contribution in [1.29, 1.82) is 0 Å². The number of alkyl carbamates (subject to hydrolysis) is 1. The van der Waals surface area contributed by atoms with Crippen molar-refractivity contribution in [2.75, 3.05) is 6.61 Å². The molecule has 1 aliphatic heterocycles. The van der Waals surface area contributed by atoms with E-state index in [2.05, 4.69) is 81.6 Å². The predicted octanol–water partition coefficient (Wildman–Crippen LogP) is 13.7. The molecule has 0 spiro atoms. The molecule has 1 heterocycles. The van der Waals surface area contributed by atoms with Crippen molar-refractivity contribution in [1.82, 2.24) is 5.32 Å². The maximum Gasteiger partial charge on any atom is 0.408 e. The van der Waals surface area contributed by atoms with Crippen molar-refractivity contribution < 1.29 is 66.7 Å². The minimum Gasteiger partial charge on any atom is -0.456 e. The standard InChI is InChI=1S/C69H99NO14Si2/c1-15-19-20-21-22-23-24-25-26-27-28-29-30-31-32-39-44-54(71)80-57-55-48(5)51(79-63(74)58(84-85(12,13)14)56(49-40-35-33-36-41-49)70-64(75)82-65(6,7)8)46-69(77,66(55,9)10)61(81-62(73)50-42-37-34-38-43-50)59-67(11,60(57)72)52(45-53-68(59,76)47-78-53)83-86(16-2,17-3)18-4/h19-20,22-23,25-26,28-29,31-38,40-43,51-53,56-59,61,76-77H,15-18,21,24,27,30,39,44-47H2,1-14H3,(H,70,75)/b20-19-,23-22-,26-25-,29-28-,32-31-. The van der Waals surface area contributed by atoms with Gasteiger partial charge in [0.1, 0.15) is 29.0 Å². The van der Waals surface area contributed by atoms with E-state index < -0.39 is 129 Å². The average Bonchev–Trinajstić information content (AvgIpc) is 0.677. The largest absolute Gasteiger partial charge is 0.456 e. The Morgan fingerprint density at radius 3 is 1.83 bits per heavy atom. The first-order valence-corrected chi connectivity index (χ1v) is 37.1. The van der Waals surface area contributed by atoms with Gasteiger partial charge in [0.25, 0.3) is 0 Å². The Balaban J connectivity index is 1.48. The van der Waals surface area contributed by atoms with Crippen LogP contribution in [0.4, 0.5) is 4.79 Å². The van der Waals surface area contributed by atoms with Crippen molar-refractivity contribution in [3.8, 4) is 0 Å². The lowest BCUT2D eigenvalue weighted by Crippen LogP contribution is -2.81. The lowest BCUT2D eigenvalue weighted by molar-refractivity contribution is -0.342. The van der Waals surface area contributed by atoms with Gasteiger partial charge in [-0.1, -0.05) is 151 Å². The number of ketones is 1. The van der Waals surface area contributed by atoms with Gasteiger partial charge >= 0.3 is 24.0 Å². The minimum absolute atomic E-state index is 0.0898. The summed E-state index contributed by atoms with van der Waals surface area (Å²) < 4.78 is 46.1. The van der Waals surface area contributed by atoms with Gasteiger partial charge in [-0.2, -0.15) is 0 Å². The monoisotopic (exact) mass is 1220 g/mol. The van der Waals surface area contributed by atoms with E-state index in [-0.39, 0.29) is 37.0 Å². The number of amides is 1. The Morgan fingerprint density at radius 1 is 0.767 bits per heavy atom. The summed E-state index contributed by atoms with van der Waals surface area (Å²) in [7, 11) is -5.37. The fourth-order valence-electron chi connectivity index (χ4n) is 12.9. The summed E-state index contributed by atoms with van der Waals surface area (Å²) in [6.07, 6.45) is 16.0. The van der Waals surface area contributed by atoms with Crippen molar-refractivity contribution in [3.05, 3.63) is 144 Å². The van der Waals surface area contributed by atoms with E-state index in [1.807, 2.05) is 31.8 Å². The number of nitrogens with one attached hydrogen (secondary N) is 1. The highest BCUT2D eigenvalue weighted by atomic mass is 28.4. The van der Waals surface area contributed by atoms with E-state index in [1.165, 1.54) is 0 Å². The molecule has 472 valence electrons. The molecule has 4 aliphatic rings. The fraction of sp³-hybridized carbons (Fsp3) is 0.580. The number of benzene rings is 2. The molecule has 2 aromatic rings. The summed E-state index contributed by atoms with van der Waals surface area (Å²) in [6, 6.07) is 18.1. The predicted molar refractivity (Wildman–Crippen MR) is 340 cm³/mol. The van der Waals surface area contributed by atoms with Crippen LogP contribution in [0, 0.1) is 16.7 Å². The van der Waals surface area contributed by atoms with Crippen LogP contribution in [-0.4, -0.2) is 117 Å². The highest BCUT2D eigenvalue weighted by molar-refractivity contribution is 6.73. The average molecular weight is 1220 g/mol. The Morgan fingerprint density at radius 2 is 1.31 bits per heavy atom. The van der Waals surface area contributed by atoms with E-state index in [0.717, 1.165) is 25.7 Å². The molecule has 11 atom stereocenters. The molecule has 86 heavy (non-hydrogen) atoms. The molecule has 15 nitrogen and oxygen atoms in total. The zero-order valence-electron chi connectivity index (χ0n) is 53.7. The zero-order valence-corrected chi connectivity index (χ0v) is 55.7. The Kier molecular flexibility index (Phi) is 24.0.